The van der Waals surface area contributed by atoms with Crippen LogP contribution < -0.4 is 10.5 Å². The third-order valence-corrected chi connectivity index (χ3v) is 2.67. The predicted octanol–water partition coefficient (Wildman–Crippen LogP) is 2.03. The summed E-state index contributed by atoms with van der Waals surface area (Å²) in [7, 11) is 1.29. The summed E-state index contributed by atoms with van der Waals surface area (Å²) >= 11 is 0. The van der Waals surface area contributed by atoms with Crippen molar-refractivity contribution in [2.45, 2.75) is 17.9 Å². The lowest BCUT2D eigenvalue weighted by molar-refractivity contribution is 0.0874. The van der Waals surface area contributed by atoms with E-state index in [1.54, 1.807) is 0 Å². The van der Waals surface area contributed by atoms with Gasteiger partial charge in [-0.1, -0.05) is 6.07 Å². The average Bonchev–Trinajstić information content (AvgIpc) is 2.65. The summed E-state index contributed by atoms with van der Waals surface area (Å²) in [5.74, 6) is -3.74. The van der Waals surface area contributed by atoms with E-state index in [9.17, 15) is 13.2 Å². The summed E-state index contributed by atoms with van der Waals surface area (Å²) in [5, 5.41) is 0. The molecule has 1 aromatic rings. The summed E-state index contributed by atoms with van der Waals surface area (Å²) in [6.07, 6.45) is -0.544. The van der Waals surface area contributed by atoms with E-state index in [2.05, 4.69) is 0 Å². The van der Waals surface area contributed by atoms with E-state index in [1.165, 1.54) is 19.2 Å². The van der Waals surface area contributed by atoms with E-state index >= 15 is 0 Å². The second-order valence-electron chi connectivity index (χ2n) is 3.67. The molecule has 82 valence electrons. The molecule has 1 fully saturated rings. The van der Waals surface area contributed by atoms with Gasteiger partial charge in [0, 0.05) is 6.42 Å². The second-order valence-corrected chi connectivity index (χ2v) is 3.67. The smallest absolute Gasteiger partial charge is 0.272 e. The number of hydrogen-bond acceptors (Lipinski definition) is 2. The number of nitrogens with two attached hydrogens (primary N) is 1. The Balaban J connectivity index is 2.54. The molecule has 0 saturated heterocycles. The zero-order chi connectivity index (χ0) is 11.3. The number of halogens is 3. The molecule has 0 amide bonds. The normalized spacial score (nSPS) is 27.5. The van der Waals surface area contributed by atoms with E-state index in [-0.39, 0.29) is 11.3 Å². The van der Waals surface area contributed by atoms with Crippen LogP contribution in [0.1, 0.15) is 12.0 Å². The number of hydrogen-bond donors (Lipinski definition) is 1. The van der Waals surface area contributed by atoms with Gasteiger partial charge in [0.1, 0.15) is 17.1 Å². The fraction of sp³-hybridized carbons (Fsp3) is 0.400. The molecule has 15 heavy (non-hydrogen) atoms. The lowest BCUT2D eigenvalue weighted by atomic mass is 10.0. The van der Waals surface area contributed by atoms with Crippen molar-refractivity contribution in [3.8, 4) is 5.75 Å². The maximum absolute atomic E-state index is 13.4. The van der Waals surface area contributed by atoms with Gasteiger partial charge in [0.25, 0.3) is 5.92 Å². The van der Waals surface area contributed by atoms with Gasteiger partial charge in [-0.2, -0.15) is 0 Å². The number of ether oxygens (including phenoxy) is 1. The van der Waals surface area contributed by atoms with E-state index in [0.29, 0.717) is 0 Å². The first kappa shape index (κ1) is 10.3. The maximum atomic E-state index is 13.4. The lowest BCUT2D eigenvalue weighted by Gasteiger charge is -2.15. The van der Waals surface area contributed by atoms with Gasteiger partial charge in [-0.15, -0.1) is 0 Å². The van der Waals surface area contributed by atoms with Crippen LogP contribution in [0.5, 0.6) is 5.75 Å². The number of rotatable bonds is 2. The molecule has 0 spiro atoms. The quantitative estimate of drug-likeness (QED) is 0.822. The van der Waals surface area contributed by atoms with Gasteiger partial charge in [0.2, 0.25) is 0 Å². The van der Waals surface area contributed by atoms with E-state index < -0.39 is 23.7 Å². The molecule has 0 radical (unpaired) electrons. The van der Waals surface area contributed by atoms with Crippen LogP contribution in [0.25, 0.3) is 0 Å². The fourth-order valence-corrected chi connectivity index (χ4v) is 1.68. The van der Waals surface area contributed by atoms with E-state index in [4.69, 9.17) is 10.5 Å². The molecule has 0 bridgehead atoms. The first-order valence-corrected chi connectivity index (χ1v) is 4.42. The Morgan fingerprint density at radius 3 is 2.47 bits per heavy atom. The van der Waals surface area contributed by atoms with Crippen LogP contribution in [0.4, 0.5) is 13.2 Å². The highest BCUT2D eigenvalue weighted by Gasteiger charge is 2.71. The van der Waals surface area contributed by atoms with Crippen LogP contribution in [0, 0.1) is 5.82 Å². The predicted molar refractivity (Wildman–Crippen MR) is 48.4 cm³/mol. The minimum Gasteiger partial charge on any atom is -0.496 e. The Hall–Kier alpha value is -1.23. The van der Waals surface area contributed by atoms with Gasteiger partial charge in [0.05, 0.1) is 12.7 Å². The Kier molecular flexibility index (Phi) is 1.98. The van der Waals surface area contributed by atoms with Crippen LogP contribution in [0.3, 0.4) is 0 Å². The number of methoxy groups -OCH3 is 1. The molecule has 1 aliphatic carbocycles. The molecule has 2 rings (SSSR count). The van der Waals surface area contributed by atoms with Gasteiger partial charge in [-0.05, 0) is 12.1 Å². The molecule has 5 heteroatoms. The van der Waals surface area contributed by atoms with Gasteiger partial charge in [-0.3, -0.25) is 0 Å². The summed E-state index contributed by atoms with van der Waals surface area (Å²) in [6, 6.07) is 3.91. The topological polar surface area (TPSA) is 35.2 Å². The molecule has 0 aliphatic heterocycles. The monoisotopic (exact) mass is 217 g/mol. The zero-order valence-electron chi connectivity index (χ0n) is 8.06. The molecule has 2 N–H and O–H groups in total. The Morgan fingerprint density at radius 1 is 1.40 bits per heavy atom. The summed E-state index contributed by atoms with van der Waals surface area (Å²) < 4.78 is 44.3. The average molecular weight is 217 g/mol. The highest BCUT2D eigenvalue weighted by atomic mass is 19.3. The first-order valence-electron chi connectivity index (χ1n) is 4.42. The molecule has 0 aromatic heterocycles. The highest BCUT2D eigenvalue weighted by molar-refractivity contribution is 5.46. The van der Waals surface area contributed by atoms with Crippen molar-refractivity contribution >= 4 is 0 Å². The van der Waals surface area contributed by atoms with Crippen LogP contribution in [-0.4, -0.2) is 13.0 Å². The van der Waals surface area contributed by atoms with Crippen molar-refractivity contribution in [1.29, 1.82) is 0 Å². The molecule has 1 atom stereocenters. The molecule has 1 aromatic carbocycles. The molecule has 0 heterocycles. The van der Waals surface area contributed by atoms with Crippen molar-refractivity contribution < 1.29 is 17.9 Å². The molecule has 1 aliphatic rings. The van der Waals surface area contributed by atoms with Gasteiger partial charge < -0.3 is 10.5 Å². The number of alkyl halides is 2. The Bertz CT molecular complexity index is 408. The SMILES string of the molecule is COc1cccc(F)c1C1(N)CC1(F)F. The van der Waals surface area contributed by atoms with Gasteiger partial charge in [-0.25, -0.2) is 13.2 Å². The van der Waals surface area contributed by atoms with Crippen molar-refractivity contribution in [2.24, 2.45) is 5.73 Å². The highest BCUT2D eigenvalue weighted by Crippen LogP contribution is 2.59. The van der Waals surface area contributed by atoms with E-state index in [1.807, 2.05) is 0 Å². The summed E-state index contributed by atoms with van der Waals surface area (Å²) in [4.78, 5) is 0. The lowest BCUT2D eigenvalue weighted by Crippen LogP contribution is -2.29. The maximum Gasteiger partial charge on any atom is 0.272 e. The number of benzene rings is 1. The molecule has 2 nitrogen and oxygen atoms in total. The van der Waals surface area contributed by atoms with Crippen LogP contribution in [0.15, 0.2) is 18.2 Å². The molecular formula is C10H10F3NO. The zero-order valence-corrected chi connectivity index (χ0v) is 8.06. The fourth-order valence-electron chi connectivity index (χ4n) is 1.68. The van der Waals surface area contributed by atoms with Crippen molar-refractivity contribution in [1.82, 2.24) is 0 Å². The largest absolute Gasteiger partial charge is 0.496 e. The van der Waals surface area contributed by atoms with Crippen molar-refractivity contribution in [2.75, 3.05) is 7.11 Å². The minimum atomic E-state index is -3.05. The summed E-state index contributed by atoms with van der Waals surface area (Å²) in [5.41, 5.74) is 3.30. The van der Waals surface area contributed by atoms with Crippen LogP contribution in [-0.2, 0) is 5.54 Å². The van der Waals surface area contributed by atoms with E-state index in [0.717, 1.165) is 6.07 Å². The third kappa shape index (κ3) is 1.30. The first-order chi connectivity index (χ1) is 6.92. The Labute approximate surface area is 84.8 Å². The Morgan fingerprint density at radius 2 is 2.00 bits per heavy atom. The summed E-state index contributed by atoms with van der Waals surface area (Å²) in [6.45, 7) is 0. The van der Waals surface area contributed by atoms with Crippen molar-refractivity contribution in [3.05, 3.63) is 29.6 Å². The van der Waals surface area contributed by atoms with Crippen LogP contribution in [0.2, 0.25) is 0 Å². The molecule has 1 saturated carbocycles. The van der Waals surface area contributed by atoms with Crippen LogP contribution >= 0.6 is 0 Å². The third-order valence-electron chi connectivity index (χ3n) is 2.67. The standard InChI is InChI=1S/C10H10F3NO/c1-15-7-4-2-3-6(11)8(7)9(14)5-10(9,12)13/h2-4H,5,14H2,1H3. The van der Waals surface area contributed by atoms with Crippen molar-refractivity contribution in [3.63, 3.8) is 0 Å². The molecular weight excluding hydrogens is 207 g/mol. The second kappa shape index (κ2) is 2.88. The molecule has 1 unspecified atom stereocenters. The van der Waals surface area contributed by atoms with Gasteiger partial charge in [0.15, 0.2) is 0 Å². The van der Waals surface area contributed by atoms with Gasteiger partial charge >= 0.3 is 0 Å². The minimum absolute atomic E-state index is 0.0645.